The molecule has 0 radical (unpaired) electrons. The summed E-state index contributed by atoms with van der Waals surface area (Å²) < 4.78 is 7.18. The highest BCUT2D eigenvalue weighted by molar-refractivity contribution is 8.00. The van der Waals surface area contributed by atoms with E-state index in [9.17, 15) is 10.2 Å². The molecule has 2 fully saturated rings. The van der Waals surface area contributed by atoms with Gasteiger partial charge in [-0.05, 0) is 100 Å². The Morgan fingerprint density at radius 1 is 1.14 bits per heavy atom. The third-order valence-electron chi connectivity index (χ3n) is 11.0. The van der Waals surface area contributed by atoms with Crippen molar-refractivity contribution < 1.29 is 14.6 Å². The molecular formula is C32H54O3SSi. The molecule has 5 heteroatoms. The molecule has 4 rings (SSSR count). The van der Waals surface area contributed by atoms with Crippen molar-refractivity contribution in [3.63, 3.8) is 0 Å². The fourth-order valence-corrected chi connectivity index (χ4v) is 10.5. The second kappa shape index (κ2) is 9.94. The smallest absolute Gasteiger partial charge is 0.192 e. The number of rotatable bonds is 7. The van der Waals surface area contributed by atoms with Crippen molar-refractivity contribution in [3.8, 4) is 0 Å². The Hall–Kier alpha value is -0.333. The fraction of sp³-hybridized carbons (Fsp3) is 0.812. The number of fused-ring (bicyclic) bond motifs is 5. The van der Waals surface area contributed by atoms with E-state index in [4.69, 9.17) is 4.43 Å². The SMILES string of the molecule is C[C@H](SCCC(C)(C)O)C1=CC[C@H]2C3=CC=C4C[C@@H](O)C[C@H](O[Si](C)(C)C(C)(C)C)[C@]4(C)[C@H]3CC[C@]12C. The lowest BCUT2D eigenvalue weighted by Gasteiger charge is -2.58. The first-order valence-corrected chi connectivity index (χ1v) is 18.7. The molecule has 210 valence electrons. The van der Waals surface area contributed by atoms with E-state index in [1.165, 1.54) is 18.4 Å². The molecule has 0 aromatic heterocycles. The highest BCUT2D eigenvalue weighted by atomic mass is 32.2. The summed E-state index contributed by atoms with van der Waals surface area (Å²) >= 11 is 2.01. The third-order valence-corrected chi connectivity index (χ3v) is 16.7. The van der Waals surface area contributed by atoms with Crippen LogP contribution in [0, 0.1) is 22.7 Å². The molecule has 0 aromatic carbocycles. The zero-order valence-electron chi connectivity index (χ0n) is 25.3. The number of aliphatic hydroxyl groups excluding tert-OH is 1. The van der Waals surface area contributed by atoms with Gasteiger partial charge < -0.3 is 14.6 Å². The molecule has 37 heavy (non-hydrogen) atoms. The molecule has 4 aliphatic rings. The Balaban J connectivity index is 1.59. The maximum absolute atomic E-state index is 10.9. The molecule has 4 aliphatic carbocycles. The molecular weight excluding hydrogens is 493 g/mol. The molecule has 7 atom stereocenters. The normalized spacial score (nSPS) is 37.1. The van der Waals surface area contributed by atoms with E-state index in [2.05, 4.69) is 72.9 Å². The maximum Gasteiger partial charge on any atom is 0.192 e. The second-order valence-corrected chi connectivity index (χ2v) is 21.3. The standard InChI is InChI=1S/C32H54O3SSi/c1-21(36-18-17-30(5,6)34)25-13-14-26-24-12-11-22-19-23(33)20-28(35-37(9,10)29(2,3)4)32(22,8)27(24)15-16-31(25,26)7/h11-13,21,23,26-28,33-34H,14-20H2,1-10H3/t21-,23+,26-,27-,28-,31+,32-/m0/s1. The monoisotopic (exact) mass is 546 g/mol. The molecule has 0 aliphatic heterocycles. The molecule has 0 aromatic rings. The molecule has 3 nitrogen and oxygen atoms in total. The van der Waals surface area contributed by atoms with Crippen molar-refractivity contribution in [2.75, 3.05) is 5.75 Å². The highest BCUT2D eigenvalue weighted by Crippen LogP contribution is 2.65. The maximum atomic E-state index is 10.9. The van der Waals surface area contributed by atoms with Crippen molar-refractivity contribution >= 4 is 20.1 Å². The van der Waals surface area contributed by atoms with E-state index in [0.717, 1.165) is 31.4 Å². The predicted molar refractivity (Wildman–Crippen MR) is 161 cm³/mol. The lowest BCUT2D eigenvalue weighted by atomic mass is 9.49. The van der Waals surface area contributed by atoms with Crippen LogP contribution in [0.2, 0.25) is 18.1 Å². The van der Waals surface area contributed by atoms with E-state index in [0.29, 0.717) is 17.1 Å². The van der Waals surface area contributed by atoms with Gasteiger partial charge in [0, 0.05) is 10.7 Å². The summed E-state index contributed by atoms with van der Waals surface area (Å²) in [4.78, 5) is 0. The van der Waals surface area contributed by atoms with E-state index < -0.39 is 13.9 Å². The van der Waals surface area contributed by atoms with E-state index in [-0.39, 0.29) is 28.1 Å². The zero-order chi connectivity index (χ0) is 27.6. The van der Waals surface area contributed by atoms with Gasteiger partial charge >= 0.3 is 0 Å². The summed E-state index contributed by atoms with van der Waals surface area (Å²) in [6, 6.07) is 0. The van der Waals surface area contributed by atoms with Crippen LogP contribution in [-0.2, 0) is 4.43 Å². The number of allylic oxidation sites excluding steroid dienone is 4. The number of hydrogen-bond donors (Lipinski definition) is 2. The Kier molecular flexibility index (Phi) is 7.96. The van der Waals surface area contributed by atoms with Crippen LogP contribution in [0.15, 0.2) is 34.9 Å². The van der Waals surface area contributed by atoms with E-state index in [1.54, 1.807) is 11.1 Å². The van der Waals surface area contributed by atoms with E-state index in [1.807, 2.05) is 25.6 Å². The second-order valence-electron chi connectivity index (χ2n) is 15.1. The molecule has 0 unspecified atom stereocenters. The van der Waals surface area contributed by atoms with Gasteiger partial charge in [-0.1, -0.05) is 69.6 Å². The molecule has 0 saturated heterocycles. The largest absolute Gasteiger partial charge is 0.413 e. The predicted octanol–water partition coefficient (Wildman–Crippen LogP) is 8.05. The summed E-state index contributed by atoms with van der Waals surface area (Å²) in [5.41, 5.74) is 4.27. The van der Waals surface area contributed by atoms with Gasteiger partial charge in [0.15, 0.2) is 8.32 Å². The van der Waals surface area contributed by atoms with Gasteiger partial charge in [-0.3, -0.25) is 0 Å². The van der Waals surface area contributed by atoms with Gasteiger partial charge in [-0.15, -0.1) is 0 Å². The van der Waals surface area contributed by atoms with Crippen LogP contribution in [0.1, 0.15) is 93.9 Å². The minimum absolute atomic E-state index is 0.0318. The van der Waals surface area contributed by atoms with Gasteiger partial charge in [0.05, 0.1) is 17.8 Å². The summed E-state index contributed by atoms with van der Waals surface area (Å²) in [5, 5.41) is 21.7. The first-order valence-electron chi connectivity index (χ1n) is 14.7. The van der Waals surface area contributed by atoms with Gasteiger partial charge in [-0.2, -0.15) is 11.8 Å². The third kappa shape index (κ3) is 5.38. The van der Waals surface area contributed by atoms with Gasteiger partial charge in [0.2, 0.25) is 0 Å². The Labute approximate surface area is 232 Å². The van der Waals surface area contributed by atoms with Gasteiger partial charge in [-0.25, -0.2) is 0 Å². The molecule has 0 spiro atoms. The average molecular weight is 547 g/mol. The first-order chi connectivity index (χ1) is 16.9. The topological polar surface area (TPSA) is 49.7 Å². The average Bonchev–Trinajstić information content (AvgIpc) is 3.10. The lowest BCUT2D eigenvalue weighted by Crippen LogP contribution is -2.57. The Morgan fingerprint density at radius 3 is 2.43 bits per heavy atom. The molecule has 0 bridgehead atoms. The van der Waals surface area contributed by atoms with Crippen LogP contribution in [0.5, 0.6) is 0 Å². The van der Waals surface area contributed by atoms with Crippen LogP contribution >= 0.6 is 11.8 Å². The summed E-state index contributed by atoms with van der Waals surface area (Å²) in [7, 11) is -1.98. The number of thioether (sulfide) groups is 1. The van der Waals surface area contributed by atoms with Crippen LogP contribution < -0.4 is 0 Å². The van der Waals surface area contributed by atoms with Gasteiger partial charge in [0.25, 0.3) is 0 Å². The van der Waals surface area contributed by atoms with Crippen LogP contribution in [-0.4, -0.2) is 47.3 Å². The quantitative estimate of drug-likeness (QED) is 0.250. The Bertz CT molecular complexity index is 967. The van der Waals surface area contributed by atoms with Crippen LogP contribution in [0.3, 0.4) is 0 Å². The first kappa shape index (κ1) is 29.6. The fourth-order valence-electron chi connectivity index (χ4n) is 7.55. The summed E-state index contributed by atoms with van der Waals surface area (Å²) in [6.07, 6.45) is 13.1. The lowest BCUT2D eigenvalue weighted by molar-refractivity contribution is -0.0417. The van der Waals surface area contributed by atoms with E-state index >= 15 is 0 Å². The Morgan fingerprint density at radius 2 is 1.81 bits per heavy atom. The molecule has 0 heterocycles. The van der Waals surface area contributed by atoms with Gasteiger partial charge in [0.1, 0.15) is 0 Å². The molecule has 2 saturated carbocycles. The highest BCUT2D eigenvalue weighted by Gasteiger charge is 2.58. The minimum atomic E-state index is -1.98. The molecule has 0 amide bonds. The number of hydrogen-bond acceptors (Lipinski definition) is 4. The van der Waals surface area contributed by atoms with Crippen molar-refractivity contribution in [1.82, 2.24) is 0 Å². The zero-order valence-corrected chi connectivity index (χ0v) is 27.1. The summed E-state index contributed by atoms with van der Waals surface area (Å²) in [5.74, 6) is 2.06. The van der Waals surface area contributed by atoms with Crippen LogP contribution in [0.4, 0.5) is 0 Å². The van der Waals surface area contributed by atoms with Crippen LogP contribution in [0.25, 0.3) is 0 Å². The number of aliphatic hydroxyl groups is 2. The van der Waals surface area contributed by atoms with Crippen molar-refractivity contribution in [3.05, 3.63) is 34.9 Å². The van der Waals surface area contributed by atoms with Crippen molar-refractivity contribution in [2.24, 2.45) is 22.7 Å². The van der Waals surface area contributed by atoms with Crippen molar-refractivity contribution in [1.29, 1.82) is 0 Å². The summed E-state index contributed by atoms with van der Waals surface area (Å²) in [6.45, 7) is 22.9. The van der Waals surface area contributed by atoms with Crippen molar-refractivity contribution in [2.45, 2.75) is 135 Å². The molecule has 2 N–H and O–H groups in total. The minimum Gasteiger partial charge on any atom is -0.413 e.